The molecule has 1 heterocycles. The van der Waals surface area contributed by atoms with Crippen molar-refractivity contribution in [2.24, 2.45) is 5.18 Å². The van der Waals surface area contributed by atoms with Crippen molar-refractivity contribution in [3.8, 4) is 5.75 Å². The number of phenols is 1. The molecule has 0 amide bonds. The van der Waals surface area contributed by atoms with Crippen LogP contribution in [0.4, 0.5) is 17.1 Å². The van der Waals surface area contributed by atoms with Crippen molar-refractivity contribution in [3.05, 3.63) is 52.4 Å². The van der Waals surface area contributed by atoms with Gasteiger partial charge in [0.05, 0.1) is 13.2 Å². The van der Waals surface area contributed by atoms with Crippen molar-refractivity contribution in [2.75, 3.05) is 49.2 Å². The Morgan fingerprint density at radius 1 is 1.03 bits per heavy atom. The van der Waals surface area contributed by atoms with Crippen LogP contribution < -0.4 is 9.80 Å². The van der Waals surface area contributed by atoms with E-state index in [1.807, 2.05) is 24.3 Å². The molecule has 0 unspecified atom stereocenters. The van der Waals surface area contributed by atoms with E-state index in [1.54, 1.807) is 6.07 Å². The summed E-state index contributed by atoms with van der Waals surface area (Å²) < 4.78 is 5.39. The van der Waals surface area contributed by atoms with Gasteiger partial charge in [0.25, 0.3) is 0 Å². The minimum Gasteiger partial charge on any atom is -0.508 e. The van der Waals surface area contributed by atoms with Gasteiger partial charge < -0.3 is 19.6 Å². The lowest BCUT2D eigenvalue weighted by molar-refractivity contribution is 0.122. The van der Waals surface area contributed by atoms with Gasteiger partial charge in [-0.1, -0.05) is 26.0 Å². The maximum absolute atomic E-state index is 11.5. The van der Waals surface area contributed by atoms with Crippen LogP contribution >= 0.6 is 0 Å². The Labute approximate surface area is 173 Å². The number of rotatable bonds is 9. The van der Waals surface area contributed by atoms with Gasteiger partial charge in [-0.3, -0.25) is 0 Å². The van der Waals surface area contributed by atoms with E-state index in [9.17, 15) is 10.0 Å². The first-order valence-electron chi connectivity index (χ1n) is 10.5. The molecule has 1 fully saturated rings. The number of benzene rings is 2. The molecule has 156 valence electrons. The SMILES string of the molecule is CCCN(CCC)c1ccc(Cc2ccc(N3CCOCC3)cc2O)c(N=O)c1. The minimum absolute atomic E-state index is 0.244. The molecule has 0 aliphatic carbocycles. The Balaban J connectivity index is 1.79. The predicted octanol–water partition coefficient (Wildman–Crippen LogP) is 4.84. The van der Waals surface area contributed by atoms with E-state index in [-0.39, 0.29) is 5.75 Å². The van der Waals surface area contributed by atoms with Crippen LogP contribution in [0.15, 0.2) is 41.6 Å². The van der Waals surface area contributed by atoms with Gasteiger partial charge in [-0.05, 0) is 47.3 Å². The molecule has 6 heteroatoms. The monoisotopic (exact) mass is 397 g/mol. The predicted molar refractivity (Wildman–Crippen MR) is 119 cm³/mol. The summed E-state index contributed by atoms with van der Waals surface area (Å²) in [4.78, 5) is 16.0. The molecule has 6 nitrogen and oxygen atoms in total. The fourth-order valence-electron chi connectivity index (χ4n) is 3.82. The zero-order chi connectivity index (χ0) is 20.6. The number of anilines is 2. The molecule has 29 heavy (non-hydrogen) atoms. The Hall–Kier alpha value is -2.60. The fourth-order valence-corrected chi connectivity index (χ4v) is 3.82. The second-order valence-electron chi connectivity index (χ2n) is 7.48. The molecule has 1 N–H and O–H groups in total. The lowest BCUT2D eigenvalue weighted by atomic mass is 10.0. The van der Waals surface area contributed by atoms with Gasteiger partial charge in [-0.15, -0.1) is 4.91 Å². The highest BCUT2D eigenvalue weighted by atomic mass is 16.5. The third kappa shape index (κ3) is 5.26. The first-order chi connectivity index (χ1) is 14.2. The maximum Gasteiger partial charge on any atom is 0.121 e. The topological polar surface area (TPSA) is 65.4 Å². The number of hydrogen-bond acceptors (Lipinski definition) is 6. The number of nitroso groups, excluding NO2 is 1. The number of phenolic OH excluding ortho intramolecular Hbond substituents is 1. The van der Waals surface area contributed by atoms with Crippen molar-refractivity contribution in [3.63, 3.8) is 0 Å². The molecule has 2 aromatic rings. The van der Waals surface area contributed by atoms with Gasteiger partial charge >= 0.3 is 0 Å². The number of aromatic hydroxyl groups is 1. The maximum atomic E-state index is 11.5. The molecule has 1 saturated heterocycles. The van der Waals surface area contributed by atoms with E-state index < -0.39 is 0 Å². The highest BCUT2D eigenvalue weighted by Gasteiger charge is 2.15. The van der Waals surface area contributed by atoms with Crippen molar-refractivity contribution >= 4 is 17.1 Å². The molecule has 3 rings (SSSR count). The Morgan fingerprint density at radius 2 is 1.72 bits per heavy atom. The molecule has 0 saturated carbocycles. The summed E-state index contributed by atoms with van der Waals surface area (Å²) in [6.45, 7) is 9.27. The molecule has 2 aromatic carbocycles. The molecule has 0 bridgehead atoms. The van der Waals surface area contributed by atoms with E-state index in [2.05, 4.69) is 34.9 Å². The van der Waals surface area contributed by atoms with E-state index in [0.29, 0.717) is 25.3 Å². The molecule has 0 spiro atoms. The highest BCUT2D eigenvalue weighted by molar-refractivity contribution is 5.62. The standard InChI is InChI=1S/C23H31N3O3/c1-3-9-25(10-4-2)20-7-5-18(22(16-20)24-28)15-19-6-8-21(17-23(19)27)26-11-13-29-14-12-26/h5-8,16-17,27H,3-4,9-15H2,1-2H3. The van der Waals surface area contributed by atoms with E-state index in [4.69, 9.17) is 4.74 Å². The average molecular weight is 398 g/mol. The summed E-state index contributed by atoms with van der Waals surface area (Å²) >= 11 is 0. The van der Waals surface area contributed by atoms with Crippen molar-refractivity contribution in [1.82, 2.24) is 0 Å². The number of morpholine rings is 1. The largest absolute Gasteiger partial charge is 0.508 e. The van der Waals surface area contributed by atoms with Crippen LogP contribution in [0.5, 0.6) is 5.75 Å². The minimum atomic E-state index is 0.244. The summed E-state index contributed by atoms with van der Waals surface area (Å²) in [6, 6.07) is 11.6. The summed E-state index contributed by atoms with van der Waals surface area (Å²) in [5.74, 6) is 0.244. The van der Waals surface area contributed by atoms with Crippen molar-refractivity contribution < 1.29 is 9.84 Å². The van der Waals surface area contributed by atoms with Crippen LogP contribution in [0.3, 0.4) is 0 Å². The zero-order valence-electron chi connectivity index (χ0n) is 17.4. The normalized spacial score (nSPS) is 14.1. The molecular weight excluding hydrogens is 366 g/mol. The third-order valence-electron chi connectivity index (χ3n) is 5.35. The van der Waals surface area contributed by atoms with Crippen LogP contribution in [0.1, 0.15) is 37.8 Å². The molecule has 0 atom stereocenters. The van der Waals surface area contributed by atoms with Gasteiger partial charge in [0, 0.05) is 50.0 Å². The number of hydrogen-bond donors (Lipinski definition) is 1. The van der Waals surface area contributed by atoms with Crippen molar-refractivity contribution in [2.45, 2.75) is 33.1 Å². The van der Waals surface area contributed by atoms with E-state index in [1.165, 1.54) is 0 Å². The summed E-state index contributed by atoms with van der Waals surface area (Å²) in [5.41, 5.74) is 4.08. The van der Waals surface area contributed by atoms with Gasteiger partial charge in [0.15, 0.2) is 0 Å². The molecule has 1 aliphatic rings. The first-order valence-corrected chi connectivity index (χ1v) is 10.5. The molecule has 0 radical (unpaired) electrons. The van der Waals surface area contributed by atoms with Crippen LogP contribution in [-0.2, 0) is 11.2 Å². The van der Waals surface area contributed by atoms with Gasteiger partial charge in [-0.2, -0.15) is 0 Å². The van der Waals surface area contributed by atoms with Crippen LogP contribution in [0, 0.1) is 4.91 Å². The molecule has 0 aromatic heterocycles. The second kappa shape index (κ2) is 10.3. The summed E-state index contributed by atoms with van der Waals surface area (Å²) in [6.07, 6.45) is 2.57. The smallest absolute Gasteiger partial charge is 0.121 e. The quantitative estimate of drug-likeness (QED) is 0.613. The van der Waals surface area contributed by atoms with Gasteiger partial charge in [-0.25, -0.2) is 0 Å². The molecular formula is C23H31N3O3. The van der Waals surface area contributed by atoms with Gasteiger partial charge in [0.1, 0.15) is 11.4 Å². The third-order valence-corrected chi connectivity index (χ3v) is 5.35. The summed E-state index contributed by atoms with van der Waals surface area (Å²) in [7, 11) is 0. The Bertz CT molecular complexity index is 813. The fraction of sp³-hybridized carbons (Fsp3) is 0.478. The number of nitrogens with zero attached hydrogens (tertiary/aromatic N) is 3. The second-order valence-corrected chi connectivity index (χ2v) is 7.48. The van der Waals surface area contributed by atoms with Crippen LogP contribution in [-0.4, -0.2) is 44.5 Å². The molecule has 1 aliphatic heterocycles. The summed E-state index contributed by atoms with van der Waals surface area (Å²) in [5, 5.41) is 13.8. The van der Waals surface area contributed by atoms with Crippen molar-refractivity contribution in [1.29, 1.82) is 0 Å². The average Bonchev–Trinajstić information content (AvgIpc) is 2.76. The Kier molecular flexibility index (Phi) is 7.47. The van der Waals surface area contributed by atoms with E-state index in [0.717, 1.165) is 61.5 Å². The van der Waals surface area contributed by atoms with E-state index >= 15 is 0 Å². The highest BCUT2D eigenvalue weighted by Crippen LogP contribution is 2.32. The zero-order valence-corrected chi connectivity index (χ0v) is 17.4. The van der Waals surface area contributed by atoms with Crippen LogP contribution in [0.2, 0.25) is 0 Å². The Morgan fingerprint density at radius 3 is 2.34 bits per heavy atom. The first kappa shape index (κ1) is 21.1. The van der Waals surface area contributed by atoms with Gasteiger partial charge in [0.2, 0.25) is 0 Å². The van der Waals surface area contributed by atoms with Crippen LogP contribution in [0.25, 0.3) is 0 Å². The number of ether oxygens (including phenoxy) is 1. The lowest BCUT2D eigenvalue weighted by Crippen LogP contribution is -2.36. The lowest BCUT2D eigenvalue weighted by Gasteiger charge is -2.29.